The summed E-state index contributed by atoms with van der Waals surface area (Å²) in [6.45, 7) is 8.46. The Morgan fingerprint density at radius 3 is 2.56 bits per heavy atom. The second kappa shape index (κ2) is 14.8. The van der Waals surface area contributed by atoms with E-state index in [1.54, 1.807) is 0 Å². The minimum Gasteiger partial charge on any atom is -0.389 e. The lowest BCUT2D eigenvalue weighted by atomic mass is 10.1. The summed E-state index contributed by atoms with van der Waals surface area (Å²) in [5.41, 5.74) is 1.11. The number of benzene rings is 1. The topological polar surface area (TPSA) is 69.1 Å². The SMILES string of the molecule is CCNC(=NCC(O)COC(C)c1ccccc1)NCC(c1cccs1)N1CCCC1.I. The van der Waals surface area contributed by atoms with Gasteiger partial charge in [0.15, 0.2) is 5.96 Å². The number of nitrogens with one attached hydrogen (secondary N) is 2. The molecule has 3 N–H and O–H groups in total. The third kappa shape index (κ3) is 8.62. The number of likely N-dealkylation sites (tertiary alicyclic amines) is 1. The highest BCUT2D eigenvalue weighted by molar-refractivity contribution is 14.0. The van der Waals surface area contributed by atoms with Crippen LogP contribution in [0, 0.1) is 0 Å². The number of rotatable bonds is 11. The van der Waals surface area contributed by atoms with Crippen molar-refractivity contribution in [2.24, 2.45) is 4.99 Å². The van der Waals surface area contributed by atoms with E-state index in [9.17, 15) is 5.11 Å². The quantitative estimate of drug-likeness (QED) is 0.214. The van der Waals surface area contributed by atoms with Gasteiger partial charge in [-0.1, -0.05) is 36.4 Å². The fraction of sp³-hybridized carbons (Fsp3) is 0.542. The fourth-order valence-corrected chi connectivity index (χ4v) is 4.66. The van der Waals surface area contributed by atoms with Crippen LogP contribution in [0.15, 0.2) is 52.8 Å². The average Bonchev–Trinajstić information content (AvgIpc) is 3.51. The Balaban J connectivity index is 0.00000363. The van der Waals surface area contributed by atoms with Crippen LogP contribution in [-0.4, -0.2) is 61.4 Å². The summed E-state index contributed by atoms with van der Waals surface area (Å²) < 4.78 is 5.83. The van der Waals surface area contributed by atoms with Gasteiger partial charge in [0.05, 0.1) is 31.4 Å². The Bertz CT molecular complexity index is 770. The van der Waals surface area contributed by atoms with Crippen LogP contribution in [0.5, 0.6) is 0 Å². The fourth-order valence-electron chi connectivity index (χ4n) is 3.80. The van der Waals surface area contributed by atoms with E-state index in [1.807, 2.05) is 48.6 Å². The van der Waals surface area contributed by atoms with Crippen molar-refractivity contribution in [1.29, 1.82) is 0 Å². The van der Waals surface area contributed by atoms with Crippen molar-refractivity contribution in [2.75, 3.05) is 39.3 Å². The first kappa shape index (κ1) is 27.0. The molecule has 1 aromatic carbocycles. The van der Waals surface area contributed by atoms with Gasteiger partial charge in [-0.05, 0) is 56.8 Å². The molecule has 3 unspecified atom stereocenters. The molecule has 1 aromatic heterocycles. The minimum atomic E-state index is -0.645. The van der Waals surface area contributed by atoms with Gasteiger partial charge in [0, 0.05) is 18.0 Å². The van der Waals surface area contributed by atoms with Crippen molar-refractivity contribution in [3.63, 3.8) is 0 Å². The summed E-state index contributed by atoms with van der Waals surface area (Å²) in [6.07, 6.45) is 1.83. The Labute approximate surface area is 213 Å². The zero-order valence-corrected chi connectivity index (χ0v) is 22.2. The average molecular weight is 573 g/mol. The van der Waals surface area contributed by atoms with Crippen LogP contribution in [0.1, 0.15) is 49.3 Å². The molecule has 2 heterocycles. The highest BCUT2D eigenvalue weighted by atomic mass is 127. The van der Waals surface area contributed by atoms with E-state index in [-0.39, 0.29) is 36.7 Å². The van der Waals surface area contributed by atoms with Crippen LogP contribution in [0.4, 0.5) is 0 Å². The maximum absolute atomic E-state index is 10.4. The smallest absolute Gasteiger partial charge is 0.191 e. The molecule has 0 radical (unpaired) electrons. The number of ether oxygens (including phenoxy) is 1. The molecule has 0 aliphatic carbocycles. The van der Waals surface area contributed by atoms with Gasteiger partial charge in [0.1, 0.15) is 0 Å². The number of aliphatic imine (C=N–C) groups is 1. The summed E-state index contributed by atoms with van der Waals surface area (Å²) in [5, 5.41) is 19.3. The standard InChI is InChI=1S/C24H36N4O2S.HI/c1-3-25-24(26-16-21(29)18-30-19(2)20-10-5-4-6-11-20)27-17-22(23-12-9-15-31-23)28-13-7-8-14-28;/h4-6,9-12,15,19,21-22,29H,3,7-8,13-14,16-18H2,1-2H3,(H2,25,26,27);1H. The molecular weight excluding hydrogens is 535 g/mol. The molecule has 0 spiro atoms. The first-order valence-electron chi connectivity index (χ1n) is 11.3. The molecule has 32 heavy (non-hydrogen) atoms. The van der Waals surface area contributed by atoms with Crippen molar-refractivity contribution in [3.8, 4) is 0 Å². The normalized spacial score (nSPS) is 17.4. The van der Waals surface area contributed by atoms with Gasteiger partial charge in [-0.2, -0.15) is 0 Å². The van der Waals surface area contributed by atoms with Crippen LogP contribution in [0.3, 0.4) is 0 Å². The molecule has 0 saturated carbocycles. The van der Waals surface area contributed by atoms with Crippen LogP contribution < -0.4 is 10.6 Å². The van der Waals surface area contributed by atoms with Crippen molar-refractivity contribution in [3.05, 3.63) is 58.3 Å². The molecule has 1 fully saturated rings. The van der Waals surface area contributed by atoms with E-state index in [4.69, 9.17) is 4.74 Å². The van der Waals surface area contributed by atoms with Gasteiger partial charge >= 0.3 is 0 Å². The molecule has 0 amide bonds. The second-order valence-electron chi connectivity index (χ2n) is 7.91. The van der Waals surface area contributed by atoms with E-state index >= 15 is 0 Å². The molecule has 3 rings (SSSR count). The summed E-state index contributed by atoms with van der Waals surface area (Å²) in [7, 11) is 0. The van der Waals surface area contributed by atoms with Gasteiger partial charge in [-0.15, -0.1) is 35.3 Å². The van der Waals surface area contributed by atoms with Crippen molar-refractivity contribution < 1.29 is 9.84 Å². The van der Waals surface area contributed by atoms with Gasteiger partial charge < -0.3 is 20.5 Å². The van der Waals surface area contributed by atoms with Gasteiger partial charge in [0.25, 0.3) is 0 Å². The Kier molecular flexibility index (Phi) is 12.6. The Morgan fingerprint density at radius 1 is 1.16 bits per heavy atom. The molecular formula is C24H37IN4O2S. The van der Waals surface area contributed by atoms with Crippen LogP contribution in [0.25, 0.3) is 0 Å². The van der Waals surface area contributed by atoms with E-state index < -0.39 is 6.10 Å². The number of aliphatic hydroxyl groups is 1. The first-order valence-corrected chi connectivity index (χ1v) is 12.2. The maximum atomic E-state index is 10.4. The van der Waals surface area contributed by atoms with Gasteiger partial charge in [-0.25, -0.2) is 0 Å². The van der Waals surface area contributed by atoms with Crippen LogP contribution in [-0.2, 0) is 4.74 Å². The van der Waals surface area contributed by atoms with Crippen LogP contribution >= 0.6 is 35.3 Å². The number of aliphatic hydroxyl groups excluding tert-OH is 1. The Morgan fingerprint density at radius 2 is 1.91 bits per heavy atom. The second-order valence-corrected chi connectivity index (χ2v) is 8.89. The predicted molar refractivity (Wildman–Crippen MR) is 144 cm³/mol. The highest BCUT2D eigenvalue weighted by Crippen LogP contribution is 2.27. The molecule has 178 valence electrons. The lowest BCUT2D eigenvalue weighted by molar-refractivity contribution is 0.00111. The minimum absolute atomic E-state index is 0. The van der Waals surface area contributed by atoms with Gasteiger partial charge in [-0.3, -0.25) is 9.89 Å². The molecule has 0 bridgehead atoms. The molecule has 1 aliphatic rings. The maximum Gasteiger partial charge on any atom is 0.191 e. The van der Waals surface area contributed by atoms with Crippen molar-refractivity contribution in [2.45, 2.75) is 44.9 Å². The van der Waals surface area contributed by atoms with E-state index in [2.05, 4.69) is 45.0 Å². The zero-order valence-electron chi connectivity index (χ0n) is 19.1. The van der Waals surface area contributed by atoms with Crippen molar-refractivity contribution >= 4 is 41.3 Å². The largest absolute Gasteiger partial charge is 0.389 e. The van der Waals surface area contributed by atoms with E-state index in [0.717, 1.165) is 37.7 Å². The predicted octanol–water partition coefficient (Wildman–Crippen LogP) is 4.20. The number of hydrogen-bond acceptors (Lipinski definition) is 5. The molecule has 1 saturated heterocycles. The highest BCUT2D eigenvalue weighted by Gasteiger charge is 2.24. The molecule has 6 nitrogen and oxygen atoms in total. The summed E-state index contributed by atoms with van der Waals surface area (Å²) in [5.74, 6) is 0.735. The van der Waals surface area contributed by atoms with E-state index in [0.29, 0.717) is 12.6 Å². The van der Waals surface area contributed by atoms with Crippen molar-refractivity contribution in [1.82, 2.24) is 15.5 Å². The number of thiophene rings is 1. The number of hydrogen-bond donors (Lipinski definition) is 3. The number of halogens is 1. The zero-order chi connectivity index (χ0) is 21.9. The first-order chi connectivity index (χ1) is 15.2. The van der Waals surface area contributed by atoms with Gasteiger partial charge in [0.2, 0.25) is 0 Å². The lowest BCUT2D eigenvalue weighted by Crippen LogP contribution is -2.43. The number of guanidine groups is 1. The number of nitrogens with zero attached hydrogens (tertiary/aromatic N) is 2. The molecule has 1 aliphatic heterocycles. The third-order valence-corrected chi connectivity index (χ3v) is 6.50. The lowest BCUT2D eigenvalue weighted by Gasteiger charge is -2.27. The van der Waals surface area contributed by atoms with Crippen LogP contribution in [0.2, 0.25) is 0 Å². The molecule has 2 aromatic rings. The molecule has 3 atom stereocenters. The monoisotopic (exact) mass is 572 g/mol. The van der Waals surface area contributed by atoms with E-state index in [1.165, 1.54) is 17.7 Å². The molecule has 8 heteroatoms. The summed E-state index contributed by atoms with van der Waals surface area (Å²) in [4.78, 5) is 8.53. The summed E-state index contributed by atoms with van der Waals surface area (Å²) in [6, 6.07) is 14.7. The summed E-state index contributed by atoms with van der Waals surface area (Å²) >= 11 is 1.81. The third-order valence-electron chi connectivity index (χ3n) is 5.53. The Hall–Kier alpha value is -1.20.